The summed E-state index contributed by atoms with van der Waals surface area (Å²) in [6.45, 7) is 72.2. The molecule has 4 aromatic heterocycles. The maximum absolute atomic E-state index is 12.1. The fraction of sp³-hybridized carbons (Fsp3) is 0.473. The van der Waals surface area contributed by atoms with Gasteiger partial charge in [-0.05, 0) is 145 Å². The second-order valence-corrected chi connectivity index (χ2v) is 44.6. The van der Waals surface area contributed by atoms with E-state index in [4.69, 9.17) is 35.1 Å². The summed E-state index contributed by atoms with van der Waals surface area (Å²) < 4.78 is 34.5. The standard InChI is InChI=1S/C34H44N3O2.C32H46N3O.C32H44N3.C27H38N3O.4CH3/c1-21(2)25-14-11-15-26(22(3)4)33(25)36-20-29(32-30(38-9)18-13-19-31(32)39-10)37(35-36)34-27(23(5)6)16-12-17-28(34)24(7)8;1-21(2)25-14-12-15-26(22(3)4)30(25)34-20-29(32(36)18-10-9-11-19-32)35(33-34)31-27(23(5)6)16-13-17-28(31)24(7)8;1-21(2)26-16-12-17-27(22(3)4)31(26)34-20-30(25-14-10-9-11-15-25)35(33-34)32-28(23(5)6)18-13-19-29(32)24(7)8;1-17(2)21-12-10-13-22(18(3)4)26(21)29-16-25(31-9)30(28-29)27-23(19(5)6)14-11-15-24(27)20(7)8;;;;/h11-24H,1-10H3;12-17,20-24,36H,9-11,18-19H2,1-8H3;12-14,16-24H,9-11,15H2,1-8H3;10-20H,1-9H3;4*1H3/q4*+1;4*-1. The third-order valence-electron chi connectivity index (χ3n) is 28.8. The fourth-order valence-electron chi connectivity index (χ4n) is 21.0. The van der Waals surface area contributed by atoms with Crippen LogP contribution < -0.4 is 32.9 Å². The largest absolute Gasteiger partial charge is 0.496 e. The molecule has 0 aliphatic heterocycles. The van der Waals surface area contributed by atoms with Gasteiger partial charge in [0.05, 0.1) is 21.3 Å². The first-order valence-corrected chi connectivity index (χ1v) is 53.3. The number of aliphatic hydroxyl groups is 1. The van der Waals surface area contributed by atoms with Gasteiger partial charge in [0.2, 0.25) is 23.3 Å². The van der Waals surface area contributed by atoms with Crippen molar-refractivity contribution in [1.29, 1.82) is 0 Å². The SMILES string of the molecule is CC(C)c1cccc(C(C)C)c1-n1n[n+](-c2c(C(C)C)cccc2C(C)C)cc1C1(O)CCCCC1.CC(C)c1cccc(C(C)C)c1-n1n[n+](-c2c(C(C)C)cccc2C(C)C)cc1C1=CCCCC1.COc1c[n+](-c2c(C(C)C)cccc2C(C)C)nn1-c1c(C(C)C)cccc1C(C)C.COc1cccc(OC)c1-c1c[n+](-c2c(C(C)C)cccc2C(C)C)nn1-c1c(C(C)C)cccc1C(C)C.[CH3-].[CH3-].[CH3-].[CH3-]. The lowest BCUT2D eigenvalue weighted by Crippen LogP contribution is -2.36. The molecule has 1 saturated carbocycles. The second kappa shape index (κ2) is 51.8. The summed E-state index contributed by atoms with van der Waals surface area (Å²) in [6, 6.07) is 59.2. The first-order chi connectivity index (χ1) is 67.0. The molecule has 145 heavy (non-hydrogen) atoms. The van der Waals surface area contributed by atoms with E-state index < -0.39 is 5.60 Å². The van der Waals surface area contributed by atoms with Gasteiger partial charge in [-0.2, -0.15) is 0 Å². The van der Waals surface area contributed by atoms with Gasteiger partial charge in [-0.25, -0.2) is 0 Å². The number of methoxy groups -OCH3 is 3. The van der Waals surface area contributed by atoms with E-state index in [0.29, 0.717) is 94.7 Å². The van der Waals surface area contributed by atoms with E-state index in [1.807, 2.05) is 33.8 Å². The van der Waals surface area contributed by atoms with Crippen molar-refractivity contribution < 1.29 is 38.0 Å². The number of nitrogens with zero attached hydrogens (tertiary/aromatic N) is 12. The van der Waals surface area contributed by atoms with Gasteiger partial charge in [-0.15, -0.1) is 14.0 Å². The molecule has 13 aromatic rings. The molecule has 4 heterocycles. The van der Waals surface area contributed by atoms with Crippen LogP contribution in [-0.4, -0.2) is 66.0 Å². The minimum Gasteiger partial charge on any atom is -0.496 e. The van der Waals surface area contributed by atoms with E-state index in [1.54, 1.807) is 21.3 Å². The number of para-hydroxylation sites is 8. The van der Waals surface area contributed by atoms with Crippen LogP contribution in [0.1, 0.15) is 474 Å². The molecule has 0 saturated heterocycles. The number of hydrogen-bond acceptors (Lipinski definition) is 8. The van der Waals surface area contributed by atoms with Crippen LogP contribution in [0.15, 0.2) is 195 Å². The smallest absolute Gasteiger partial charge is 0.353 e. The molecule has 2 aliphatic rings. The Labute approximate surface area is 877 Å². The van der Waals surface area contributed by atoms with E-state index in [-0.39, 0.29) is 29.7 Å². The molecule has 0 atom stereocenters. The summed E-state index contributed by atoms with van der Waals surface area (Å²) >= 11 is 0. The molecule has 1 fully saturated rings. The highest BCUT2D eigenvalue weighted by Gasteiger charge is 2.44. The highest BCUT2D eigenvalue weighted by atomic mass is 16.5. The number of benzene rings is 9. The molecule has 1 N–H and O–H groups in total. The molecule has 0 spiro atoms. The molecule has 9 aromatic carbocycles. The van der Waals surface area contributed by atoms with E-state index in [0.717, 1.165) is 107 Å². The van der Waals surface area contributed by atoms with Gasteiger partial charge < -0.3 is 49.0 Å². The van der Waals surface area contributed by atoms with Crippen LogP contribution in [0.4, 0.5) is 0 Å². The minimum absolute atomic E-state index is 0. The Bertz CT molecular complexity index is 6200. The van der Waals surface area contributed by atoms with Crippen molar-refractivity contribution in [2.24, 2.45) is 0 Å². The molecular formula is C129H184N12O4. The van der Waals surface area contributed by atoms with Gasteiger partial charge in [0.25, 0.3) is 0 Å². The Kier molecular flexibility index (Phi) is 42.5. The van der Waals surface area contributed by atoms with Crippen molar-refractivity contribution in [2.45, 2.75) is 380 Å². The van der Waals surface area contributed by atoms with Crippen LogP contribution in [-0.2, 0) is 5.60 Å². The van der Waals surface area contributed by atoms with Gasteiger partial charge in [0.15, 0.2) is 64.1 Å². The van der Waals surface area contributed by atoms with Crippen molar-refractivity contribution in [3.05, 3.63) is 325 Å². The molecule has 16 nitrogen and oxygen atoms in total. The normalized spacial score (nSPS) is 13.2. The highest BCUT2D eigenvalue weighted by Crippen LogP contribution is 2.46. The molecule has 0 amide bonds. The Balaban J connectivity index is 0.000000235. The topological polar surface area (TPSA) is 135 Å². The summed E-state index contributed by atoms with van der Waals surface area (Å²) in [4.78, 5) is 0. The molecule has 0 radical (unpaired) electrons. The summed E-state index contributed by atoms with van der Waals surface area (Å²) in [5.41, 5.74) is 34.7. The van der Waals surface area contributed by atoms with Crippen LogP contribution in [0.25, 0.3) is 62.3 Å². The van der Waals surface area contributed by atoms with Crippen molar-refractivity contribution >= 4 is 5.57 Å². The lowest BCUT2D eigenvalue weighted by molar-refractivity contribution is -0.662. The number of rotatable bonds is 30. The molecule has 0 bridgehead atoms. The maximum atomic E-state index is 12.1. The lowest BCUT2D eigenvalue weighted by atomic mass is 9.82. The Hall–Kier alpha value is -11.4. The third kappa shape index (κ3) is 25.7. The third-order valence-corrected chi connectivity index (χ3v) is 28.8. The zero-order chi connectivity index (χ0) is 103. The van der Waals surface area contributed by atoms with Gasteiger partial charge in [-0.3, -0.25) is 0 Å². The monoisotopic (exact) mass is 1970 g/mol. The predicted octanol–water partition coefficient (Wildman–Crippen LogP) is 33.2. The number of aromatic nitrogens is 12. The van der Waals surface area contributed by atoms with Crippen molar-refractivity contribution in [3.8, 4) is 74.1 Å². The average molecular weight is 1970 g/mol. The Morgan fingerprint density at radius 1 is 0.262 bits per heavy atom. The first-order valence-electron chi connectivity index (χ1n) is 53.3. The molecule has 0 unspecified atom stereocenters. The summed E-state index contributed by atoms with van der Waals surface area (Å²) in [5.74, 6) is 8.22. The van der Waals surface area contributed by atoms with Crippen molar-refractivity contribution in [2.75, 3.05) is 21.3 Å². The van der Waals surface area contributed by atoms with E-state index >= 15 is 0 Å². The molecule has 2 aliphatic carbocycles. The zero-order valence-electron chi connectivity index (χ0n) is 96.6. The van der Waals surface area contributed by atoms with Crippen molar-refractivity contribution in [1.82, 2.24) is 39.6 Å². The number of hydrogen-bond donors (Lipinski definition) is 1. The molecule has 16 heteroatoms. The Morgan fingerprint density at radius 3 is 0.766 bits per heavy atom. The first kappa shape index (κ1) is 119. The van der Waals surface area contributed by atoms with E-state index in [1.165, 1.54) is 131 Å². The molecular weight excluding hydrogens is 1780 g/mol. The van der Waals surface area contributed by atoms with Gasteiger partial charge >= 0.3 is 5.88 Å². The summed E-state index contributed by atoms with van der Waals surface area (Å²) in [7, 11) is 5.14. The van der Waals surface area contributed by atoms with Crippen LogP contribution >= 0.6 is 0 Å². The van der Waals surface area contributed by atoms with Gasteiger partial charge in [0.1, 0.15) is 43.5 Å². The maximum Gasteiger partial charge on any atom is 0.353 e. The quantitative estimate of drug-likeness (QED) is 0.0347. The second-order valence-electron chi connectivity index (χ2n) is 44.6. The summed E-state index contributed by atoms with van der Waals surface area (Å²) in [6.07, 6.45) is 20.7. The van der Waals surface area contributed by atoms with Gasteiger partial charge in [-0.1, -0.05) is 422 Å². The molecule has 15 rings (SSSR count). The predicted molar refractivity (Wildman–Crippen MR) is 610 cm³/mol. The lowest BCUT2D eigenvalue weighted by Gasteiger charge is -2.29. The van der Waals surface area contributed by atoms with Crippen LogP contribution in [0.2, 0.25) is 0 Å². The number of ether oxygens (including phenoxy) is 3. The van der Waals surface area contributed by atoms with Crippen LogP contribution in [0.3, 0.4) is 0 Å². The van der Waals surface area contributed by atoms with Crippen LogP contribution in [0, 0.1) is 29.7 Å². The molecule has 784 valence electrons. The minimum atomic E-state index is -0.875. The Morgan fingerprint density at radius 2 is 0.497 bits per heavy atom. The summed E-state index contributed by atoms with van der Waals surface area (Å²) in [5, 5.41) is 33.3. The van der Waals surface area contributed by atoms with Crippen LogP contribution in [0.5, 0.6) is 17.4 Å². The zero-order valence-corrected chi connectivity index (χ0v) is 96.6. The van der Waals surface area contributed by atoms with Gasteiger partial charge in [0, 0.05) is 94.6 Å². The highest BCUT2D eigenvalue weighted by molar-refractivity contribution is 5.76. The van der Waals surface area contributed by atoms with E-state index in [9.17, 15) is 5.11 Å². The van der Waals surface area contributed by atoms with E-state index in [2.05, 4.69) is 420 Å². The van der Waals surface area contributed by atoms with Crippen molar-refractivity contribution in [3.63, 3.8) is 0 Å². The average Bonchev–Trinajstić information content (AvgIpc) is 1.62. The fourth-order valence-corrected chi connectivity index (χ4v) is 21.0. The number of allylic oxidation sites excluding steroid dienone is 2.